The summed E-state index contributed by atoms with van der Waals surface area (Å²) >= 11 is 1.50. The van der Waals surface area contributed by atoms with E-state index in [0.717, 1.165) is 60.8 Å². The zero-order valence-corrected chi connectivity index (χ0v) is 23.5. The number of aliphatic carboxylic acids is 1. The molecule has 5 rings (SSSR count). The summed E-state index contributed by atoms with van der Waals surface area (Å²) in [5, 5.41) is 16.8. The largest absolute Gasteiger partial charge is 0.481 e. The average Bonchev–Trinajstić information content (AvgIpc) is 3.57. The molecule has 5 atom stereocenters. The molecule has 0 spiro atoms. The van der Waals surface area contributed by atoms with Gasteiger partial charge in [-0.2, -0.15) is 0 Å². The van der Waals surface area contributed by atoms with Crippen molar-refractivity contribution in [1.29, 1.82) is 0 Å². The second kappa shape index (κ2) is 10.7. The molecule has 0 unspecified atom stereocenters. The smallest absolute Gasteiger partial charge is 0.307 e. The van der Waals surface area contributed by atoms with Crippen LogP contribution in [-0.4, -0.2) is 22.9 Å². The standard InChI is InChI=1S/C31H38N2O4S/c1-5-18-10-11-20-23(14-18)38-30(27(20)28(34)32-15-19-8-6-17(4)7-9-19)33-29(35)25-21-12-13-22(24(21)16(2)3)26(25)31(36)37/h6-9,18,21-22,25-26H,5,10-15H2,1-4H3,(H,32,34)(H,33,35)(H,36,37)/t18-,21+,22+,25+,26-/m1/s1. The lowest BCUT2D eigenvalue weighted by molar-refractivity contribution is -0.148. The maximum atomic E-state index is 13.8. The van der Waals surface area contributed by atoms with Crippen LogP contribution < -0.4 is 10.6 Å². The van der Waals surface area contributed by atoms with Crippen molar-refractivity contribution in [3.63, 3.8) is 0 Å². The second-order valence-electron chi connectivity index (χ2n) is 11.5. The van der Waals surface area contributed by atoms with Crippen LogP contribution in [0.15, 0.2) is 35.4 Å². The summed E-state index contributed by atoms with van der Waals surface area (Å²) in [5.41, 5.74) is 6.09. The number of thiophene rings is 1. The van der Waals surface area contributed by atoms with Gasteiger partial charge in [-0.25, -0.2) is 0 Å². The Morgan fingerprint density at radius 3 is 2.34 bits per heavy atom. The molecule has 6 nitrogen and oxygen atoms in total. The maximum Gasteiger partial charge on any atom is 0.307 e. The highest BCUT2D eigenvalue weighted by Crippen LogP contribution is 2.57. The van der Waals surface area contributed by atoms with Gasteiger partial charge >= 0.3 is 5.97 Å². The lowest BCUT2D eigenvalue weighted by atomic mass is 9.78. The molecule has 2 amide bonds. The third-order valence-corrected chi connectivity index (χ3v) is 10.2. The normalized spacial score (nSPS) is 25.7. The first-order valence-corrected chi connectivity index (χ1v) is 14.7. The molecule has 2 aromatic rings. The minimum Gasteiger partial charge on any atom is -0.481 e. The predicted octanol–water partition coefficient (Wildman–Crippen LogP) is 6.13. The van der Waals surface area contributed by atoms with Crippen LogP contribution in [0.3, 0.4) is 0 Å². The molecule has 0 aliphatic heterocycles. The van der Waals surface area contributed by atoms with E-state index in [1.807, 2.05) is 45.0 Å². The molecule has 1 aromatic heterocycles. The zero-order valence-electron chi connectivity index (χ0n) is 22.7. The number of amides is 2. The highest BCUT2D eigenvalue weighted by molar-refractivity contribution is 7.17. The van der Waals surface area contributed by atoms with Gasteiger partial charge in [0.1, 0.15) is 5.00 Å². The first kappa shape index (κ1) is 26.7. The van der Waals surface area contributed by atoms with Crippen molar-refractivity contribution in [1.82, 2.24) is 5.32 Å². The van der Waals surface area contributed by atoms with Gasteiger partial charge in [0.05, 0.1) is 17.4 Å². The molecule has 3 N–H and O–H groups in total. The fourth-order valence-electron chi connectivity index (χ4n) is 7.11. The first-order valence-electron chi connectivity index (χ1n) is 13.9. The summed E-state index contributed by atoms with van der Waals surface area (Å²) in [7, 11) is 0. The van der Waals surface area contributed by atoms with Crippen LogP contribution in [-0.2, 0) is 29.0 Å². The van der Waals surface area contributed by atoms with Crippen molar-refractivity contribution in [2.45, 2.75) is 72.8 Å². The molecule has 2 fully saturated rings. The summed E-state index contributed by atoms with van der Waals surface area (Å²) in [4.78, 5) is 40.8. The molecule has 2 saturated carbocycles. The van der Waals surface area contributed by atoms with Crippen LogP contribution in [0.25, 0.3) is 0 Å². The van der Waals surface area contributed by atoms with E-state index in [0.29, 0.717) is 23.0 Å². The summed E-state index contributed by atoms with van der Waals surface area (Å²) < 4.78 is 0. The van der Waals surface area contributed by atoms with Gasteiger partial charge in [0, 0.05) is 11.4 Å². The van der Waals surface area contributed by atoms with Gasteiger partial charge in [0.2, 0.25) is 5.91 Å². The number of fused-ring (bicyclic) bond motifs is 3. The Morgan fingerprint density at radius 1 is 1.03 bits per heavy atom. The van der Waals surface area contributed by atoms with Crippen LogP contribution in [0.1, 0.15) is 78.4 Å². The van der Waals surface area contributed by atoms with Crippen LogP contribution in [0.5, 0.6) is 0 Å². The fraction of sp³-hybridized carbons (Fsp3) is 0.516. The minimum atomic E-state index is -0.900. The maximum absolute atomic E-state index is 13.8. The highest BCUT2D eigenvalue weighted by Gasteiger charge is 2.57. The van der Waals surface area contributed by atoms with Crippen molar-refractivity contribution in [2.24, 2.45) is 29.6 Å². The van der Waals surface area contributed by atoms with E-state index in [1.54, 1.807) is 0 Å². The number of carboxylic acids is 1. The summed E-state index contributed by atoms with van der Waals surface area (Å²) in [5.74, 6) is -2.19. The molecule has 0 saturated heterocycles. The van der Waals surface area contributed by atoms with Crippen molar-refractivity contribution in [3.8, 4) is 0 Å². The summed E-state index contributed by atoms with van der Waals surface area (Å²) in [6.45, 7) is 8.68. The fourth-order valence-corrected chi connectivity index (χ4v) is 8.47. The summed E-state index contributed by atoms with van der Waals surface area (Å²) in [6, 6.07) is 8.07. The van der Waals surface area contributed by atoms with Crippen LogP contribution in [0, 0.1) is 36.5 Å². The van der Waals surface area contributed by atoms with E-state index in [9.17, 15) is 19.5 Å². The number of carboxylic acid groups (broad SMARTS) is 1. The highest BCUT2D eigenvalue weighted by atomic mass is 32.1. The third kappa shape index (κ3) is 4.81. The lowest BCUT2D eigenvalue weighted by Crippen LogP contribution is -2.38. The van der Waals surface area contributed by atoms with E-state index in [2.05, 4.69) is 17.6 Å². The number of carbonyl (C=O) groups is 3. The topological polar surface area (TPSA) is 95.5 Å². The van der Waals surface area contributed by atoms with Crippen molar-refractivity contribution >= 4 is 34.1 Å². The molecule has 1 aromatic carbocycles. The molecule has 38 heavy (non-hydrogen) atoms. The third-order valence-electron chi connectivity index (χ3n) is 8.99. The molecule has 1 heterocycles. The van der Waals surface area contributed by atoms with Crippen molar-refractivity contribution in [2.75, 3.05) is 5.32 Å². The van der Waals surface area contributed by atoms with Gasteiger partial charge in [0.15, 0.2) is 0 Å². The lowest BCUT2D eigenvalue weighted by Gasteiger charge is -2.26. The number of allylic oxidation sites excluding steroid dienone is 2. The molecular formula is C31H38N2O4S. The zero-order chi connectivity index (χ0) is 27.1. The molecular weight excluding hydrogens is 496 g/mol. The quantitative estimate of drug-likeness (QED) is 0.372. The van der Waals surface area contributed by atoms with E-state index in [4.69, 9.17) is 0 Å². The minimum absolute atomic E-state index is 0.0380. The molecule has 3 aliphatic carbocycles. The number of carbonyl (C=O) groups excluding carboxylic acids is 2. The Hall–Kier alpha value is -2.93. The first-order chi connectivity index (χ1) is 18.2. The second-order valence-corrected chi connectivity index (χ2v) is 12.6. The number of benzene rings is 1. The predicted molar refractivity (Wildman–Crippen MR) is 150 cm³/mol. The van der Waals surface area contributed by atoms with Crippen LogP contribution >= 0.6 is 11.3 Å². The Morgan fingerprint density at radius 2 is 1.71 bits per heavy atom. The Kier molecular flexibility index (Phi) is 7.49. The SMILES string of the molecule is CC[C@@H]1CCc2c(sc(NC(=O)[C@@H]3[C@H](C(=O)O)[C@H]4CC[C@H]3C4=C(C)C)c2C(=O)NCc2ccc(C)cc2)C1. The number of anilines is 1. The van der Waals surface area contributed by atoms with E-state index in [-0.39, 0.29) is 23.7 Å². The van der Waals surface area contributed by atoms with E-state index in [1.165, 1.54) is 21.8 Å². The van der Waals surface area contributed by atoms with Crippen molar-refractivity contribution < 1.29 is 19.5 Å². The van der Waals surface area contributed by atoms with Gasteiger partial charge in [-0.15, -0.1) is 11.3 Å². The van der Waals surface area contributed by atoms with Gasteiger partial charge in [-0.05, 0) is 81.8 Å². The molecule has 0 radical (unpaired) electrons. The molecule has 2 bridgehead atoms. The Labute approximate surface area is 228 Å². The Bertz CT molecular complexity index is 1290. The summed E-state index contributed by atoms with van der Waals surface area (Å²) in [6.07, 6.45) is 5.52. The van der Waals surface area contributed by atoms with Gasteiger partial charge in [0.25, 0.3) is 5.91 Å². The average molecular weight is 535 g/mol. The number of rotatable bonds is 7. The van der Waals surface area contributed by atoms with Crippen LogP contribution in [0.2, 0.25) is 0 Å². The molecule has 3 aliphatic rings. The van der Waals surface area contributed by atoms with Crippen molar-refractivity contribution in [3.05, 3.63) is 62.5 Å². The molecule has 7 heteroatoms. The van der Waals surface area contributed by atoms with E-state index < -0.39 is 17.8 Å². The van der Waals surface area contributed by atoms with E-state index >= 15 is 0 Å². The number of hydrogen-bond acceptors (Lipinski definition) is 4. The van der Waals surface area contributed by atoms with Crippen LogP contribution in [0.4, 0.5) is 5.00 Å². The number of hydrogen-bond donors (Lipinski definition) is 3. The van der Waals surface area contributed by atoms with Gasteiger partial charge < -0.3 is 15.7 Å². The van der Waals surface area contributed by atoms with Gasteiger partial charge in [-0.3, -0.25) is 14.4 Å². The number of nitrogens with one attached hydrogen (secondary N) is 2. The Balaban J connectivity index is 1.43. The van der Waals surface area contributed by atoms with Gasteiger partial charge in [-0.1, -0.05) is 54.3 Å². The molecule has 202 valence electrons. The monoisotopic (exact) mass is 534 g/mol. The number of aryl methyl sites for hydroxylation is 1.